The molecule has 1 fully saturated rings. The molecule has 0 aromatic heterocycles. The molecule has 0 heterocycles. The number of hydrogen-bond donors (Lipinski definition) is 0. The molecule has 3 heteroatoms. The van der Waals surface area contributed by atoms with E-state index in [1.807, 2.05) is 55.2 Å². The molecule has 1 saturated carbocycles. The Bertz CT molecular complexity index is 445. The second-order valence-corrected chi connectivity index (χ2v) is 6.27. The number of carbonyl (C=O) groups excluding carboxylic acids is 1. The fourth-order valence-corrected chi connectivity index (χ4v) is 2.90. The molecule has 3 nitrogen and oxygen atoms in total. The molecule has 0 saturated heterocycles. The molecule has 0 bridgehead atoms. The highest BCUT2D eigenvalue weighted by atomic mass is 16.2. The number of benzene rings is 1. The van der Waals surface area contributed by atoms with Crippen molar-refractivity contribution in [1.82, 2.24) is 4.90 Å². The van der Waals surface area contributed by atoms with Gasteiger partial charge in [-0.05, 0) is 55.9 Å². The quantitative estimate of drug-likeness (QED) is 0.843. The minimum atomic E-state index is 0.148. The first-order valence-electron chi connectivity index (χ1n) is 7.53. The third-order valence-corrected chi connectivity index (χ3v) is 4.48. The number of nitrogens with zero attached hydrogens (tertiary/aromatic N) is 2. The van der Waals surface area contributed by atoms with Crippen molar-refractivity contribution >= 4 is 11.6 Å². The molecular formula is C17H26N2O. The minimum absolute atomic E-state index is 0.148. The van der Waals surface area contributed by atoms with E-state index >= 15 is 0 Å². The van der Waals surface area contributed by atoms with Crippen LogP contribution in [0.25, 0.3) is 0 Å². The Labute approximate surface area is 122 Å². The lowest BCUT2D eigenvalue weighted by Gasteiger charge is -2.33. The zero-order valence-corrected chi connectivity index (χ0v) is 13.1. The van der Waals surface area contributed by atoms with Gasteiger partial charge in [0.15, 0.2) is 0 Å². The van der Waals surface area contributed by atoms with Gasteiger partial charge in [-0.3, -0.25) is 4.79 Å². The Morgan fingerprint density at radius 1 is 1.00 bits per heavy atom. The molecular weight excluding hydrogens is 248 g/mol. The molecule has 1 aliphatic rings. The first-order valence-corrected chi connectivity index (χ1v) is 7.53. The maximum Gasteiger partial charge on any atom is 0.253 e. The summed E-state index contributed by atoms with van der Waals surface area (Å²) in [6.07, 6.45) is 4.75. The topological polar surface area (TPSA) is 23.6 Å². The van der Waals surface area contributed by atoms with Gasteiger partial charge in [-0.2, -0.15) is 0 Å². The Hall–Kier alpha value is -1.51. The normalized spacial score (nSPS) is 22.4. The van der Waals surface area contributed by atoms with E-state index in [1.54, 1.807) is 0 Å². The zero-order chi connectivity index (χ0) is 14.7. The van der Waals surface area contributed by atoms with Gasteiger partial charge in [0.25, 0.3) is 5.91 Å². The van der Waals surface area contributed by atoms with Crippen LogP contribution in [0.3, 0.4) is 0 Å². The third kappa shape index (κ3) is 3.33. The fraction of sp³-hybridized carbons (Fsp3) is 0.588. The Morgan fingerprint density at radius 3 is 2.05 bits per heavy atom. The highest BCUT2D eigenvalue weighted by molar-refractivity contribution is 5.94. The van der Waals surface area contributed by atoms with E-state index in [1.165, 1.54) is 12.8 Å². The maximum absolute atomic E-state index is 12.5. The van der Waals surface area contributed by atoms with Crippen molar-refractivity contribution in [2.75, 3.05) is 26.0 Å². The summed E-state index contributed by atoms with van der Waals surface area (Å²) in [7, 11) is 5.96. The Kier molecular flexibility index (Phi) is 4.69. The first kappa shape index (κ1) is 14.9. The molecule has 0 atom stereocenters. The van der Waals surface area contributed by atoms with Crippen LogP contribution in [0.1, 0.15) is 43.0 Å². The number of rotatable bonds is 3. The van der Waals surface area contributed by atoms with Gasteiger partial charge in [0.2, 0.25) is 0 Å². The van der Waals surface area contributed by atoms with Gasteiger partial charge >= 0.3 is 0 Å². The summed E-state index contributed by atoms with van der Waals surface area (Å²) in [5, 5.41) is 0. The van der Waals surface area contributed by atoms with Gasteiger partial charge in [-0.15, -0.1) is 0 Å². The fourth-order valence-electron chi connectivity index (χ4n) is 2.90. The van der Waals surface area contributed by atoms with Crippen LogP contribution in [0.15, 0.2) is 24.3 Å². The summed E-state index contributed by atoms with van der Waals surface area (Å²) in [6, 6.07) is 8.28. The van der Waals surface area contributed by atoms with Crippen molar-refractivity contribution < 1.29 is 4.79 Å². The van der Waals surface area contributed by atoms with E-state index in [2.05, 4.69) is 6.92 Å². The van der Waals surface area contributed by atoms with E-state index in [-0.39, 0.29) is 5.91 Å². The van der Waals surface area contributed by atoms with Crippen LogP contribution < -0.4 is 4.90 Å². The van der Waals surface area contributed by atoms with Crippen LogP contribution in [0.5, 0.6) is 0 Å². The van der Waals surface area contributed by atoms with Crippen LogP contribution in [-0.4, -0.2) is 38.0 Å². The largest absolute Gasteiger partial charge is 0.378 e. The summed E-state index contributed by atoms with van der Waals surface area (Å²) in [6.45, 7) is 2.30. The lowest BCUT2D eigenvalue weighted by molar-refractivity contribution is 0.0679. The second-order valence-electron chi connectivity index (χ2n) is 6.27. The van der Waals surface area contributed by atoms with Crippen LogP contribution >= 0.6 is 0 Å². The number of amides is 1. The molecule has 1 amide bonds. The average Bonchev–Trinajstić information content (AvgIpc) is 2.46. The van der Waals surface area contributed by atoms with Crippen molar-refractivity contribution in [1.29, 1.82) is 0 Å². The smallest absolute Gasteiger partial charge is 0.253 e. The van der Waals surface area contributed by atoms with E-state index in [4.69, 9.17) is 0 Å². The lowest BCUT2D eigenvalue weighted by atomic mass is 9.86. The van der Waals surface area contributed by atoms with Crippen LogP contribution in [-0.2, 0) is 0 Å². The summed E-state index contributed by atoms with van der Waals surface area (Å²) in [4.78, 5) is 16.5. The molecule has 110 valence electrons. The van der Waals surface area contributed by atoms with Gasteiger partial charge in [-0.25, -0.2) is 0 Å². The summed E-state index contributed by atoms with van der Waals surface area (Å²) in [5.74, 6) is 0.962. The van der Waals surface area contributed by atoms with Crippen LogP contribution in [0.4, 0.5) is 5.69 Å². The van der Waals surface area contributed by atoms with Crippen molar-refractivity contribution in [3.8, 4) is 0 Å². The van der Waals surface area contributed by atoms with Crippen molar-refractivity contribution in [3.05, 3.63) is 29.8 Å². The van der Waals surface area contributed by atoms with E-state index < -0.39 is 0 Å². The molecule has 1 aromatic rings. The SMILES string of the molecule is CC1CCC(N(C)C(=O)c2ccc(N(C)C)cc2)CC1. The predicted octanol–water partition coefficient (Wildman–Crippen LogP) is 3.40. The Morgan fingerprint density at radius 2 is 1.55 bits per heavy atom. The van der Waals surface area contributed by atoms with Crippen molar-refractivity contribution in [3.63, 3.8) is 0 Å². The second kappa shape index (κ2) is 6.29. The zero-order valence-electron chi connectivity index (χ0n) is 13.1. The van der Waals surface area contributed by atoms with E-state index in [0.717, 1.165) is 30.0 Å². The molecule has 0 aliphatic heterocycles. The Balaban J connectivity index is 2.02. The van der Waals surface area contributed by atoms with Gasteiger partial charge in [0.05, 0.1) is 0 Å². The summed E-state index contributed by atoms with van der Waals surface area (Å²) in [5.41, 5.74) is 1.91. The highest BCUT2D eigenvalue weighted by Gasteiger charge is 2.25. The lowest BCUT2D eigenvalue weighted by Crippen LogP contribution is -2.39. The van der Waals surface area contributed by atoms with Crippen molar-refractivity contribution in [2.45, 2.75) is 38.6 Å². The minimum Gasteiger partial charge on any atom is -0.378 e. The standard InChI is InChI=1S/C17H26N2O/c1-13-5-9-16(10-6-13)19(4)17(20)14-7-11-15(12-8-14)18(2)3/h7-8,11-13,16H,5-6,9-10H2,1-4H3. The molecule has 0 unspecified atom stereocenters. The first-order chi connectivity index (χ1) is 9.49. The molecule has 2 rings (SSSR count). The van der Waals surface area contributed by atoms with Gasteiger partial charge < -0.3 is 9.80 Å². The summed E-state index contributed by atoms with van der Waals surface area (Å²) >= 11 is 0. The maximum atomic E-state index is 12.5. The number of anilines is 1. The third-order valence-electron chi connectivity index (χ3n) is 4.48. The molecule has 0 N–H and O–H groups in total. The van der Waals surface area contributed by atoms with Gasteiger partial charge in [-0.1, -0.05) is 6.92 Å². The predicted molar refractivity (Wildman–Crippen MR) is 84.3 cm³/mol. The average molecular weight is 274 g/mol. The number of carbonyl (C=O) groups is 1. The highest BCUT2D eigenvalue weighted by Crippen LogP contribution is 2.27. The molecule has 0 radical (unpaired) electrons. The van der Waals surface area contributed by atoms with Gasteiger partial charge in [0, 0.05) is 38.4 Å². The van der Waals surface area contributed by atoms with Crippen LogP contribution in [0, 0.1) is 5.92 Å². The van der Waals surface area contributed by atoms with Crippen molar-refractivity contribution in [2.24, 2.45) is 5.92 Å². The molecule has 20 heavy (non-hydrogen) atoms. The van der Waals surface area contributed by atoms with Crippen LogP contribution in [0.2, 0.25) is 0 Å². The van der Waals surface area contributed by atoms with E-state index in [9.17, 15) is 4.79 Å². The van der Waals surface area contributed by atoms with Gasteiger partial charge in [0.1, 0.15) is 0 Å². The summed E-state index contributed by atoms with van der Waals surface area (Å²) < 4.78 is 0. The van der Waals surface area contributed by atoms with E-state index in [0.29, 0.717) is 6.04 Å². The molecule has 1 aromatic carbocycles. The monoisotopic (exact) mass is 274 g/mol. The molecule has 1 aliphatic carbocycles. The number of hydrogen-bond acceptors (Lipinski definition) is 2. The molecule has 0 spiro atoms.